The number of rotatable bonds is 0. The monoisotopic (exact) mass is 199 g/mol. The molecule has 0 radical (unpaired) electrons. The molecule has 76 valence electrons. The molecular formula is C11H21NS. The molecule has 2 aliphatic rings. The largest absolute Gasteiger partial charge is 0.302 e. The Labute approximate surface area is 86.0 Å². The smallest absolute Gasteiger partial charge is 0.0696 e. The molecule has 1 nitrogen and oxygen atoms in total. The first-order valence-electron chi connectivity index (χ1n) is 5.45. The molecule has 2 rings (SSSR count). The van der Waals surface area contributed by atoms with Gasteiger partial charge in [0.15, 0.2) is 0 Å². The van der Waals surface area contributed by atoms with Gasteiger partial charge in [0.1, 0.15) is 0 Å². The van der Waals surface area contributed by atoms with E-state index in [0.29, 0.717) is 10.3 Å². The third-order valence-corrected chi connectivity index (χ3v) is 5.90. The van der Waals surface area contributed by atoms with Crippen LogP contribution < -0.4 is 5.32 Å². The van der Waals surface area contributed by atoms with Crippen LogP contribution in [0.4, 0.5) is 0 Å². The van der Waals surface area contributed by atoms with Gasteiger partial charge in [-0.3, -0.25) is 0 Å². The van der Waals surface area contributed by atoms with Crippen molar-refractivity contribution in [3.8, 4) is 0 Å². The quantitative estimate of drug-likeness (QED) is 0.644. The summed E-state index contributed by atoms with van der Waals surface area (Å²) in [5, 5.41) is 3.80. The zero-order valence-electron chi connectivity index (χ0n) is 9.02. The lowest BCUT2D eigenvalue weighted by atomic mass is 9.86. The van der Waals surface area contributed by atoms with E-state index in [9.17, 15) is 0 Å². The summed E-state index contributed by atoms with van der Waals surface area (Å²) in [6, 6.07) is 0. The fraction of sp³-hybridized carbons (Fsp3) is 1.00. The van der Waals surface area contributed by atoms with Crippen molar-refractivity contribution in [1.29, 1.82) is 0 Å². The van der Waals surface area contributed by atoms with Crippen LogP contribution in [-0.2, 0) is 0 Å². The van der Waals surface area contributed by atoms with Crippen LogP contribution in [0.2, 0.25) is 0 Å². The highest BCUT2D eigenvalue weighted by atomic mass is 32.2. The van der Waals surface area contributed by atoms with Gasteiger partial charge in [0, 0.05) is 0 Å². The molecule has 2 heteroatoms. The third-order valence-electron chi connectivity index (χ3n) is 3.77. The maximum atomic E-state index is 3.80. The summed E-state index contributed by atoms with van der Waals surface area (Å²) in [7, 11) is 0. The summed E-state index contributed by atoms with van der Waals surface area (Å²) < 4.78 is 0. The molecule has 0 aromatic heterocycles. The Morgan fingerprint density at radius 1 is 1.31 bits per heavy atom. The van der Waals surface area contributed by atoms with Crippen molar-refractivity contribution in [3.63, 3.8) is 0 Å². The first-order valence-corrected chi connectivity index (χ1v) is 6.43. The molecule has 1 N–H and O–H groups in total. The van der Waals surface area contributed by atoms with E-state index in [1.54, 1.807) is 0 Å². The SMILES string of the molecule is CC1CNC2(CCCC2(C)C)SC1. The van der Waals surface area contributed by atoms with E-state index in [4.69, 9.17) is 0 Å². The first kappa shape index (κ1) is 9.85. The summed E-state index contributed by atoms with van der Waals surface area (Å²) in [4.78, 5) is 0.416. The van der Waals surface area contributed by atoms with E-state index < -0.39 is 0 Å². The maximum absolute atomic E-state index is 3.80. The highest BCUT2D eigenvalue weighted by molar-refractivity contribution is 8.00. The zero-order chi connectivity index (χ0) is 9.53. The summed E-state index contributed by atoms with van der Waals surface area (Å²) in [5.74, 6) is 2.20. The van der Waals surface area contributed by atoms with Crippen LogP contribution >= 0.6 is 11.8 Å². The Kier molecular flexibility index (Phi) is 2.40. The fourth-order valence-electron chi connectivity index (χ4n) is 2.65. The number of thioether (sulfide) groups is 1. The molecule has 2 atom stereocenters. The fourth-order valence-corrected chi connectivity index (χ4v) is 4.30. The second kappa shape index (κ2) is 3.16. The van der Waals surface area contributed by atoms with Crippen LogP contribution in [0.5, 0.6) is 0 Å². The lowest BCUT2D eigenvalue weighted by Gasteiger charge is -2.46. The van der Waals surface area contributed by atoms with Crippen LogP contribution in [0.25, 0.3) is 0 Å². The van der Waals surface area contributed by atoms with Crippen LogP contribution in [0.15, 0.2) is 0 Å². The molecule has 2 unspecified atom stereocenters. The van der Waals surface area contributed by atoms with E-state index in [0.717, 1.165) is 5.92 Å². The Morgan fingerprint density at radius 2 is 2.08 bits per heavy atom. The predicted molar refractivity (Wildman–Crippen MR) is 60.0 cm³/mol. The summed E-state index contributed by atoms with van der Waals surface area (Å²) >= 11 is 2.18. The molecular weight excluding hydrogens is 178 g/mol. The zero-order valence-corrected chi connectivity index (χ0v) is 9.84. The molecule has 1 heterocycles. The van der Waals surface area contributed by atoms with E-state index >= 15 is 0 Å². The summed E-state index contributed by atoms with van der Waals surface area (Å²) in [6.07, 6.45) is 4.17. The van der Waals surface area contributed by atoms with Gasteiger partial charge >= 0.3 is 0 Å². The molecule has 13 heavy (non-hydrogen) atoms. The standard InChI is InChI=1S/C11H21NS/c1-9-7-12-11(13-8-9)6-4-5-10(11,2)3/h9,12H,4-8H2,1-3H3. The molecule has 0 aromatic carbocycles. The van der Waals surface area contributed by atoms with Crippen LogP contribution in [-0.4, -0.2) is 17.2 Å². The van der Waals surface area contributed by atoms with Gasteiger partial charge in [0.25, 0.3) is 0 Å². The van der Waals surface area contributed by atoms with Crippen LogP contribution in [0.1, 0.15) is 40.0 Å². The minimum atomic E-state index is 0.416. The lowest BCUT2D eigenvalue weighted by molar-refractivity contribution is 0.236. The number of hydrogen-bond donors (Lipinski definition) is 1. The van der Waals surface area contributed by atoms with Gasteiger partial charge in [0.2, 0.25) is 0 Å². The van der Waals surface area contributed by atoms with E-state index in [1.165, 1.54) is 31.6 Å². The Bertz CT molecular complexity index is 192. The van der Waals surface area contributed by atoms with Crippen molar-refractivity contribution in [1.82, 2.24) is 5.32 Å². The summed E-state index contributed by atoms with van der Waals surface area (Å²) in [5.41, 5.74) is 0.498. The second-order valence-electron chi connectivity index (χ2n) is 5.36. The average Bonchev–Trinajstić information content (AvgIpc) is 2.34. The molecule has 1 spiro atoms. The highest BCUT2D eigenvalue weighted by Gasteiger charge is 2.50. The molecule has 0 aromatic rings. The highest BCUT2D eigenvalue weighted by Crippen LogP contribution is 2.53. The first-order chi connectivity index (χ1) is 6.06. The van der Waals surface area contributed by atoms with E-state index in [2.05, 4.69) is 37.8 Å². The van der Waals surface area contributed by atoms with Gasteiger partial charge in [-0.1, -0.05) is 27.2 Å². The van der Waals surface area contributed by atoms with Gasteiger partial charge in [-0.05, 0) is 36.5 Å². The third kappa shape index (κ3) is 1.52. The minimum Gasteiger partial charge on any atom is -0.302 e. The topological polar surface area (TPSA) is 12.0 Å². The van der Waals surface area contributed by atoms with E-state index in [-0.39, 0.29) is 0 Å². The molecule has 1 saturated heterocycles. The van der Waals surface area contributed by atoms with Gasteiger partial charge in [-0.25, -0.2) is 0 Å². The van der Waals surface area contributed by atoms with Crippen LogP contribution in [0.3, 0.4) is 0 Å². The van der Waals surface area contributed by atoms with Gasteiger partial charge < -0.3 is 5.32 Å². The second-order valence-corrected chi connectivity index (χ2v) is 6.68. The average molecular weight is 199 g/mol. The van der Waals surface area contributed by atoms with E-state index in [1.807, 2.05) is 0 Å². The van der Waals surface area contributed by atoms with Crippen LogP contribution in [0, 0.1) is 11.3 Å². The molecule has 1 aliphatic heterocycles. The summed E-state index contributed by atoms with van der Waals surface area (Å²) in [6.45, 7) is 8.41. The van der Waals surface area contributed by atoms with Crippen molar-refractivity contribution in [3.05, 3.63) is 0 Å². The Hall–Kier alpha value is 0.310. The predicted octanol–water partition coefficient (Wildman–Crippen LogP) is 2.87. The molecule has 1 saturated carbocycles. The number of hydrogen-bond acceptors (Lipinski definition) is 2. The number of nitrogens with one attached hydrogen (secondary N) is 1. The molecule has 0 bridgehead atoms. The molecule has 2 fully saturated rings. The minimum absolute atomic E-state index is 0.416. The normalized spacial score (nSPS) is 44.1. The van der Waals surface area contributed by atoms with Crippen molar-refractivity contribution in [2.24, 2.45) is 11.3 Å². The Balaban J connectivity index is 2.12. The van der Waals surface area contributed by atoms with Gasteiger partial charge in [-0.2, -0.15) is 0 Å². The van der Waals surface area contributed by atoms with Gasteiger partial charge in [-0.15, -0.1) is 11.8 Å². The van der Waals surface area contributed by atoms with Crippen molar-refractivity contribution < 1.29 is 0 Å². The van der Waals surface area contributed by atoms with Crippen molar-refractivity contribution >= 4 is 11.8 Å². The lowest BCUT2D eigenvalue weighted by Crippen LogP contribution is -2.54. The molecule has 0 amide bonds. The Morgan fingerprint density at radius 3 is 2.54 bits per heavy atom. The maximum Gasteiger partial charge on any atom is 0.0696 e. The van der Waals surface area contributed by atoms with Crippen molar-refractivity contribution in [2.45, 2.75) is 44.9 Å². The van der Waals surface area contributed by atoms with Crippen molar-refractivity contribution in [2.75, 3.05) is 12.3 Å². The van der Waals surface area contributed by atoms with Gasteiger partial charge in [0.05, 0.1) is 4.87 Å². The molecule has 1 aliphatic carbocycles.